The van der Waals surface area contributed by atoms with Crippen LogP contribution in [0.15, 0.2) is 54.6 Å². The minimum atomic E-state index is 0. The zero-order valence-electron chi connectivity index (χ0n) is 10.8. The maximum atomic E-state index is 5.78. The Morgan fingerprint density at radius 3 is 2.33 bits per heavy atom. The Morgan fingerprint density at radius 2 is 1.67 bits per heavy atom. The molecule has 0 amide bonds. The Kier molecular flexibility index (Phi) is 5.44. The van der Waals surface area contributed by atoms with Gasteiger partial charge in [0.05, 0.1) is 0 Å². The number of hydrogen-bond donors (Lipinski definition) is 0. The highest BCUT2D eigenvalue weighted by molar-refractivity contribution is 6.70. The van der Waals surface area contributed by atoms with Crippen LogP contribution < -0.4 is 10.2 Å². The van der Waals surface area contributed by atoms with Crippen molar-refractivity contribution in [2.45, 2.75) is 20.3 Å². The second kappa shape index (κ2) is 6.85. The van der Waals surface area contributed by atoms with Gasteiger partial charge in [-0.3, -0.25) is 4.70 Å². The zero-order chi connectivity index (χ0) is 12.1. The molecule has 0 N–H and O–H groups in total. The van der Waals surface area contributed by atoms with Crippen molar-refractivity contribution < 1.29 is 9.44 Å². The Hall–Kier alpha value is -1.77. The summed E-state index contributed by atoms with van der Waals surface area (Å²) in [6, 6.07) is 18.5. The van der Waals surface area contributed by atoms with Gasteiger partial charge in [-0.05, 0) is 17.7 Å². The molecular weight excluding hydrogens is 226 g/mol. The van der Waals surface area contributed by atoms with Crippen molar-refractivity contribution in [2.24, 2.45) is 0 Å². The predicted molar refractivity (Wildman–Crippen MR) is 76.8 cm³/mol. The van der Waals surface area contributed by atoms with E-state index in [4.69, 9.17) is 4.74 Å². The van der Waals surface area contributed by atoms with Crippen molar-refractivity contribution in [2.75, 3.05) is 0 Å². The molecule has 0 saturated carbocycles. The van der Waals surface area contributed by atoms with E-state index in [0.29, 0.717) is 13.3 Å². The molecule has 0 atom stereocenters. The molecule has 0 bridgehead atoms. The smallest absolute Gasteiger partial charge is 0.169 e. The van der Waals surface area contributed by atoms with E-state index < -0.39 is 0 Å². The van der Waals surface area contributed by atoms with E-state index in [1.165, 1.54) is 11.0 Å². The summed E-state index contributed by atoms with van der Waals surface area (Å²) in [4.78, 5) is 0. The maximum absolute atomic E-state index is 5.78. The quantitative estimate of drug-likeness (QED) is 0.749. The molecule has 2 aromatic carbocycles. The first-order valence-corrected chi connectivity index (χ1v) is 6.02. The molecule has 2 rings (SSSR count). The van der Waals surface area contributed by atoms with Crippen LogP contribution in [0.25, 0.3) is 0 Å². The summed E-state index contributed by atoms with van der Waals surface area (Å²) in [5.74, 6) is 0.944. The highest BCUT2D eigenvalue weighted by atomic mass is 19.0. The average molecular weight is 244 g/mol. The molecule has 0 aromatic heterocycles. The minimum absolute atomic E-state index is 0. The lowest BCUT2D eigenvalue weighted by molar-refractivity contribution is 0.306. The molecule has 0 aliphatic heterocycles. The number of rotatable bonds is 4. The summed E-state index contributed by atoms with van der Waals surface area (Å²) in [7, 11) is 0. The van der Waals surface area contributed by atoms with Crippen molar-refractivity contribution in [3.8, 4) is 5.75 Å². The summed E-state index contributed by atoms with van der Waals surface area (Å²) >= 11 is 0. The van der Waals surface area contributed by atoms with Crippen molar-refractivity contribution in [1.29, 1.82) is 0 Å². The van der Waals surface area contributed by atoms with Crippen LogP contribution >= 0.6 is 0 Å². The van der Waals surface area contributed by atoms with Crippen molar-refractivity contribution in [3.05, 3.63) is 60.2 Å². The van der Waals surface area contributed by atoms with Crippen LogP contribution in [0.4, 0.5) is 4.70 Å². The predicted octanol–water partition coefficient (Wildman–Crippen LogP) is 3.38. The van der Waals surface area contributed by atoms with Gasteiger partial charge in [-0.15, -0.1) is 0 Å². The van der Waals surface area contributed by atoms with Gasteiger partial charge in [-0.1, -0.05) is 61.6 Å². The van der Waals surface area contributed by atoms with E-state index in [9.17, 15) is 0 Å². The van der Waals surface area contributed by atoms with Gasteiger partial charge in [0.15, 0.2) is 6.71 Å². The van der Waals surface area contributed by atoms with Gasteiger partial charge in [0.2, 0.25) is 0 Å². The molecule has 0 radical (unpaired) electrons. The second-order valence-corrected chi connectivity index (χ2v) is 4.50. The first-order valence-electron chi connectivity index (χ1n) is 6.02. The SMILES string of the molecule is CB(C)c1cccc(OCc2ccccc2)c1.F. The lowest BCUT2D eigenvalue weighted by Gasteiger charge is -2.09. The number of benzene rings is 2. The molecule has 0 aliphatic rings. The largest absolute Gasteiger partial charge is 0.489 e. The Morgan fingerprint density at radius 1 is 0.944 bits per heavy atom. The fourth-order valence-corrected chi connectivity index (χ4v) is 1.70. The van der Waals surface area contributed by atoms with Crippen LogP contribution in [0.3, 0.4) is 0 Å². The molecule has 1 nitrogen and oxygen atoms in total. The summed E-state index contributed by atoms with van der Waals surface area (Å²) < 4.78 is 5.78. The van der Waals surface area contributed by atoms with E-state index >= 15 is 0 Å². The molecule has 18 heavy (non-hydrogen) atoms. The van der Waals surface area contributed by atoms with Gasteiger partial charge in [0.1, 0.15) is 12.4 Å². The maximum Gasteiger partial charge on any atom is 0.169 e. The topological polar surface area (TPSA) is 9.23 Å². The third-order valence-corrected chi connectivity index (χ3v) is 2.77. The number of halogens is 1. The molecule has 3 heteroatoms. The molecule has 94 valence electrons. The van der Waals surface area contributed by atoms with Crippen LogP contribution in [0.5, 0.6) is 5.75 Å². The van der Waals surface area contributed by atoms with Gasteiger partial charge < -0.3 is 4.74 Å². The first-order chi connectivity index (χ1) is 8.25. The van der Waals surface area contributed by atoms with Crippen molar-refractivity contribution >= 4 is 12.2 Å². The van der Waals surface area contributed by atoms with Crippen LogP contribution in [-0.2, 0) is 6.61 Å². The van der Waals surface area contributed by atoms with E-state index in [0.717, 1.165) is 5.75 Å². The highest BCUT2D eigenvalue weighted by Gasteiger charge is 2.03. The molecule has 0 fully saturated rings. The Bertz CT molecular complexity index is 471. The van der Waals surface area contributed by atoms with Gasteiger partial charge >= 0.3 is 0 Å². The van der Waals surface area contributed by atoms with Gasteiger partial charge in [-0.25, -0.2) is 0 Å². The van der Waals surface area contributed by atoms with Crippen LogP contribution in [0.1, 0.15) is 5.56 Å². The van der Waals surface area contributed by atoms with Crippen LogP contribution in [0.2, 0.25) is 13.6 Å². The van der Waals surface area contributed by atoms with E-state index in [1.54, 1.807) is 0 Å². The Balaban J connectivity index is 0.00000162. The molecule has 0 aliphatic carbocycles. The fourth-order valence-electron chi connectivity index (χ4n) is 1.70. The minimum Gasteiger partial charge on any atom is -0.489 e. The standard InChI is InChI=1S/C15H17BO.FH/c1-16(2)14-9-6-10-15(11-14)17-12-13-7-4-3-5-8-13;/h3-11H,12H2,1-2H3;1H. The fraction of sp³-hybridized carbons (Fsp3) is 0.200. The molecule has 0 spiro atoms. The summed E-state index contributed by atoms with van der Waals surface area (Å²) in [6.07, 6.45) is 0. The van der Waals surface area contributed by atoms with Gasteiger partial charge in [-0.2, -0.15) is 0 Å². The lowest BCUT2D eigenvalue weighted by Crippen LogP contribution is -2.22. The zero-order valence-corrected chi connectivity index (χ0v) is 10.8. The van der Waals surface area contributed by atoms with E-state index in [2.05, 4.69) is 44.0 Å². The highest BCUT2D eigenvalue weighted by Crippen LogP contribution is 2.11. The lowest BCUT2D eigenvalue weighted by atomic mass is 9.49. The third kappa shape index (κ3) is 3.92. The molecule has 0 saturated heterocycles. The summed E-state index contributed by atoms with van der Waals surface area (Å²) in [6.45, 7) is 5.55. The van der Waals surface area contributed by atoms with Crippen LogP contribution in [0, 0.1) is 0 Å². The van der Waals surface area contributed by atoms with Crippen molar-refractivity contribution in [3.63, 3.8) is 0 Å². The molecular formula is C15H18BFO. The van der Waals surface area contributed by atoms with E-state index in [1.807, 2.05) is 24.3 Å². The normalized spacial score (nSPS) is 9.44. The number of hydrogen-bond acceptors (Lipinski definition) is 1. The van der Waals surface area contributed by atoms with Gasteiger partial charge in [0, 0.05) is 0 Å². The molecule has 0 heterocycles. The summed E-state index contributed by atoms with van der Waals surface area (Å²) in [5, 5.41) is 0. The van der Waals surface area contributed by atoms with Crippen LogP contribution in [-0.4, -0.2) is 6.71 Å². The summed E-state index contributed by atoms with van der Waals surface area (Å²) in [5.41, 5.74) is 2.51. The molecule has 0 unspecified atom stereocenters. The molecule has 2 aromatic rings. The first kappa shape index (κ1) is 14.3. The van der Waals surface area contributed by atoms with Gasteiger partial charge in [0.25, 0.3) is 0 Å². The average Bonchev–Trinajstić information content (AvgIpc) is 2.38. The third-order valence-electron chi connectivity index (χ3n) is 2.77. The van der Waals surface area contributed by atoms with E-state index in [-0.39, 0.29) is 4.70 Å². The Labute approximate surface area is 108 Å². The second-order valence-electron chi connectivity index (χ2n) is 4.50. The van der Waals surface area contributed by atoms with Crippen molar-refractivity contribution in [1.82, 2.24) is 0 Å². The monoisotopic (exact) mass is 244 g/mol. The number of ether oxygens (including phenoxy) is 1.